The normalized spacial score (nSPS) is 25.5. The minimum atomic E-state index is -0.315. The van der Waals surface area contributed by atoms with Gasteiger partial charge in [-0.2, -0.15) is 0 Å². The lowest BCUT2D eigenvalue weighted by molar-refractivity contribution is -0.124. The first kappa shape index (κ1) is 32.5. The zero-order valence-corrected chi connectivity index (χ0v) is 27.4. The van der Waals surface area contributed by atoms with Crippen molar-refractivity contribution >= 4 is 39.2 Å². The fraction of sp³-hybridized carbons (Fsp3) is 0.444. The van der Waals surface area contributed by atoms with E-state index in [2.05, 4.69) is 48.6 Å². The number of hydrogen-bond donors (Lipinski definition) is 3. The van der Waals surface area contributed by atoms with Gasteiger partial charge in [0.1, 0.15) is 5.78 Å². The van der Waals surface area contributed by atoms with Crippen molar-refractivity contribution < 1.29 is 19.4 Å². The van der Waals surface area contributed by atoms with Gasteiger partial charge in [-0.25, -0.2) is 0 Å². The van der Waals surface area contributed by atoms with E-state index in [1.165, 1.54) is 37.2 Å². The van der Waals surface area contributed by atoms with Gasteiger partial charge in [-0.15, -0.1) is 0 Å². The summed E-state index contributed by atoms with van der Waals surface area (Å²) in [6.07, 6.45) is 14.3. The van der Waals surface area contributed by atoms with E-state index in [0.717, 1.165) is 48.1 Å². The quantitative estimate of drug-likeness (QED) is 0.239. The van der Waals surface area contributed by atoms with Crippen molar-refractivity contribution in [3.8, 4) is 11.5 Å². The minimum absolute atomic E-state index is 0.0193. The summed E-state index contributed by atoms with van der Waals surface area (Å²) < 4.78 is 5.38. The van der Waals surface area contributed by atoms with E-state index < -0.39 is 0 Å². The van der Waals surface area contributed by atoms with E-state index in [1.54, 1.807) is 18.2 Å². The number of phenolic OH excluding ortho intramolecular Hbond substituents is 1. The van der Waals surface area contributed by atoms with Crippen LogP contribution in [0.5, 0.6) is 11.5 Å². The number of ether oxygens (including phenoxy) is 1. The lowest BCUT2D eigenvalue weighted by atomic mass is 9.72. The number of aromatic hydroxyl groups is 1. The van der Waals surface area contributed by atoms with Gasteiger partial charge in [0.05, 0.1) is 19.7 Å². The Hall–Kier alpha value is -2.94. The number of dihydropyridines is 1. The summed E-state index contributed by atoms with van der Waals surface area (Å²) in [5.74, 6) is 1.47. The number of phenols is 1. The molecule has 2 heterocycles. The number of carbonyl (C=O) groups is 2. The fourth-order valence-electron chi connectivity index (χ4n) is 6.74. The predicted molar refractivity (Wildman–Crippen MR) is 183 cm³/mol. The van der Waals surface area contributed by atoms with Gasteiger partial charge in [0, 0.05) is 29.0 Å². The smallest absolute Gasteiger partial charge is 0.163 e. The summed E-state index contributed by atoms with van der Waals surface area (Å²) >= 11 is 0. The topological polar surface area (TPSA) is 102 Å². The van der Waals surface area contributed by atoms with Gasteiger partial charge in [-0.1, -0.05) is 90.3 Å². The number of nitrogens with one attached hydrogen (secondary N) is 1. The van der Waals surface area contributed by atoms with Gasteiger partial charge < -0.3 is 20.9 Å². The van der Waals surface area contributed by atoms with E-state index in [1.807, 2.05) is 27.8 Å². The molecule has 2 bridgehead atoms. The predicted octanol–water partition coefficient (Wildman–Crippen LogP) is 7.27. The number of Topliss-reactive ketones (excluding diaryl/α,β-unsaturated/α-hetero) is 1. The largest absolute Gasteiger partial charge is 0.504 e. The molecule has 1 fully saturated rings. The molecule has 1 aliphatic carbocycles. The van der Waals surface area contributed by atoms with E-state index in [0.29, 0.717) is 24.5 Å². The van der Waals surface area contributed by atoms with Crippen molar-refractivity contribution in [2.24, 2.45) is 11.7 Å². The average molecular weight is 633 g/mol. The molecule has 44 heavy (non-hydrogen) atoms. The first-order chi connectivity index (χ1) is 21.3. The lowest BCUT2D eigenvalue weighted by Gasteiger charge is -2.41. The number of carbonyl (C=O) groups excluding carboxylic acids is 2. The molecule has 5 rings (SSSR count). The number of rotatable bonds is 4. The van der Waals surface area contributed by atoms with Gasteiger partial charge in [-0.05, 0) is 77.6 Å². The van der Waals surface area contributed by atoms with Crippen LogP contribution in [0.15, 0.2) is 72.0 Å². The molecule has 0 saturated heterocycles. The SMILES string of the molecule is CC[C@@H]1CCC(=O)CC(=O)/C=C/c2cc(OC)c(O)cc2CC2=CNC(N)C(=C2)[C@H](C2(c3ccccc3)CCCC2)SSC1. The van der Waals surface area contributed by atoms with Crippen molar-refractivity contribution in [1.82, 2.24) is 5.32 Å². The molecular formula is C36H44N2O4S2. The second-order valence-corrected chi connectivity index (χ2v) is 14.7. The molecule has 8 heteroatoms. The molecule has 2 aromatic carbocycles. The van der Waals surface area contributed by atoms with Crippen LogP contribution in [-0.2, 0) is 21.4 Å². The molecule has 0 amide bonds. The lowest BCUT2D eigenvalue weighted by Crippen LogP contribution is -2.47. The molecule has 2 aliphatic heterocycles. The summed E-state index contributed by atoms with van der Waals surface area (Å²) in [6.45, 7) is 2.18. The van der Waals surface area contributed by atoms with Crippen LogP contribution in [0.2, 0.25) is 0 Å². The molecule has 1 unspecified atom stereocenters. The van der Waals surface area contributed by atoms with Crippen molar-refractivity contribution in [2.45, 2.75) is 81.5 Å². The summed E-state index contributed by atoms with van der Waals surface area (Å²) in [6, 6.07) is 14.4. The first-order valence-corrected chi connectivity index (χ1v) is 18.1. The van der Waals surface area contributed by atoms with Crippen LogP contribution in [0.3, 0.4) is 0 Å². The molecule has 3 atom stereocenters. The van der Waals surface area contributed by atoms with E-state index in [4.69, 9.17) is 10.5 Å². The van der Waals surface area contributed by atoms with E-state index >= 15 is 0 Å². The highest BCUT2D eigenvalue weighted by Crippen LogP contribution is 2.54. The maximum atomic E-state index is 12.8. The van der Waals surface area contributed by atoms with Crippen LogP contribution in [0.1, 0.15) is 75.0 Å². The number of ketones is 2. The van der Waals surface area contributed by atoms with E-state index in [-0.39, 0.29) is 40.6 Å². The third-order valence-corrected chi connectivity index (χ3v) is 12.4. The van der Waals surface area contributed by atoms with E-state index in [9.17, 15) is 14.7 Å². The molecule has 0 aromatic heterocycles. The zero-order chi connectivity index (χ0) is 31.1. The van der Waals surface area contributed by atoms with Gasteiger partial charge in [0.2, 0.25) is 0 Å². The summed E-state index contributed by atoms with van der Waals surface area (Å²) in [4.78, 5) is 25.5. The number of allylic oxidation sites excluding steroid dienone is 3. The van der Waals surface area contributed by atoms with Crippen LogP contribution in [0.25, 0.3) is 6.08 Å². The van der Waals surface area contributed by atoms with Crippen LogP contribution < -0.4 is 15.8 Å². The summed E-state index contributed by atoms with van der Waals surface area (Å²) in [5, 5.41) is 14.3. The van der Waals surface area contributed by atoms with Gasteiger partial charge in [-0.3, -0.25) is 9.59 Å². The Kier molecular flexibility index (Phi) is 11.0. The molecule has 0 radical (unpaired) electrons. The Bertz CT molecular complexity index is 1430. The molecule has 234 valence electrons. The maximum Gasteiger partial charge on any atom is 0.163 e. The van der Waals surface area contributed by atoms with Crippen LogP contribution in [0, 0.1) is 5.92 Å². The third kappa shape index (κ3) is 7.47. The summed E-state index contributed by atoms with van der Waals surface area (Å²) in [7, 11) is 5.34. The monoisotopic (exact) mass is 632 g/mol. The van der Waals surface area contributed by atoms with Crippen LogP contribution in [0.4, 0.5) is 0 Å². The van der Waals surface area contributed by atoms with Crippen molar-refractivity contribution in [1.29, 1.82) is 0 Å². The standard InChI is InChI=1S/C36H44N2O4S2/c1-3-24-11-13-29(39)21-30(40)14-12-26-20-33(42-2)32(41)19-27(26)17-25-18-31(35(37)38-22-25)34(44-43-23-24)36(15-7-8-16-36)28-9-5-4-6-10-28/h4-6,9-10,12,14,18-20,22,24,34-35,38,41H,3,7-8,11,13,15-17,21,23,37H2,1-2H3/b14-12+/t24-,34-,35?/m1/s1. The Morgan fingerprint density at radius 2 is 1.86 bits per heavy atom. The van der Waals surface area contributed by atoms with Crippen LogP contribution >= 0.6 is 21.6 Å². The molecule has 1 saturated carbocycles. The van der Waals surface area contributed by atoms with Gasteiger partial charge >= 0.3 is 0 Å². The molecule has 6 nitrogen and oxygen atoms in total. The fourth-order valence-corrected chi connectivity index (χ4v) is 10.5. The van der Waals surface area contributed by atoms with Crippen molar-refractivity contribution in [2.75, 3.05) is 12.9 Å². The molecule has 2 aromatic rings. The van der Waals surface area contributed by atoms with Gasteiger partial charge in [0.15, 0.2) is 17.3 Å². The Labute approximate surface area is 269 Å². The van der Waals surface area contributed by atoms with Crippen LogP contribution in [-0.4, -0.2) is 41.0 Å². The molecule has 3 aliphatic rings. The number of hydrogen-bond acceptors (Lipinski definition) is 8. The first-order valence-electron chi connectivity index (χ1n) is 15.7. The number of methoxy groups -OCH3 is 1. The molecule has 4 N–H and O–H groups in total. The number of nitrogens with two attached hydrogens (primary N) is 1. The Balaban J connectivity index is 1.59. The number of benzene rings is 2. The Morgan fingerprint density at radius 3 is 2.59 bits per heavy atom. The number of fused-ring (bicyclic) bond motifs is 2. The summed E-state index contributed by atoms with van der Waals surface area (Å²) in [5.41, 5.74) is 12.0. The van der Waals surface area contributed by atoms with Gasteiger partial charge in [0.25, 0.3) is 0 Å². The second-order valence-electron chi connectivity index (χ2n) is 12.2. The molecule has 0 spiro atoms. The van der Waals surface area contributed by atoms with Crippen molar-refractivity contribution in [3.63, 3.8) is 0 Å². The Morgan fingerprint density at radius 1 is 1.09 bits per heavy atom. The maximum absolute atomic E-state index is 12.8. The second kappa shape index (κ2) is 14.9. The zero-order valence-electron chi connectivity index (χ0n) is 25.7. The highest BCUT2D eigenvalue weighted by molar-refractivity contribution is 8.77. The highest BCUT2D eigenvalue weighted by Gasteiger charge is 2.46. The minimum Gasteiger partial charge on any atom is -0.504 e. The van der Waals surface area contributed by atoms with Crippen molar-refractivity contribution in [3.05, 3.63) is 88.7 Å². The molecular weight excluding hydrogens is 589 g/mol. The highest BCUT2D eigenvalue weighted by atomic mass is 33.1. The third-order valence-electron chi connectivity index (χ3n) is 9.34. The average Bonchev–Trinajstić information content (AvgIpc) is 3.52.